The molecule has 126 valence electrons. The second kappa shape index (κ2) is 6.36. The zero-order valence-corrected chi connectivity index (χ0v) is 12.3. The summed E-state index contributed by atoms with van der Waals surface area (Å²) in [5, 5.41) is 15.9. The van der Waals surface area contributed by atoms with Crippen LogP contribution in [0.3, 0.4) is 0 Å². The average molecular weight is 338 g/mol. The summed E-state index contributed by atoms with van der Waals surface area (Å²) >= 11 is 0. The van der Waals surface area contributed by atoms with E-state index < -0.39 is 11.7 Å². The molecule has 0 amide bonds. The third-order valence-electron chi connectivity index (χ3n) is 3.22. The summed E-state index contributed by atoms with van der Waals surface area (Å²) in [4.78, 5) is 3.77. The molecule has 0 spiro atoms. The Kier molecular flexibility index (Phi) is 4.26. The van der Waals surface area contributed by atoms with Crippen LogP contribution in [0.2, 0.25) is 0 Å². The molecule has 0 unspecified atom stereocenters. The van der Waals surface area contributed by atoms with Crippen molar-refractivity contribution in [1.29, 1.82) is 0 Å². The number of aliphatic hydroxyl groups excluding tert-OH is 1. The van der Waals surface area contributed by atoms with E-state index in [-0.39, 0.29) is 19.0 Å². The van der Waals surface area contributed by atoms with Crippen molar-refractivity contribution in [3.63, 3.8) is 0 Å². The number of pyridine rings is 1. The van der Waals surface area contributed by atoms with Gasteiger partial charge < -0.3 is 14.8 Å². The summed E-state index contributed by atoms with van der Waals surface area (Å²) in [7, 11) is 0. The van der Waals surface area contributed by atoms with Crippen LogP contribution >= 0.6 is 0 Å². The van der Waals surface area contributed by atoms with Crippen molar-refractivity contribution in [3.8, 4) is 5.82 Å². The van der Waals surface area contributed by atoms with Crippen LogP contribution in [0.25, 0.3) is 5.82 Å². The molecule has 0 aliphatic carbocycles. The minimum absolute atomic E-state index is 0.200. The van der Waals surface area contributed by atoms with Crippen molar-refractivity contribution in [2.24, 2.45) is 0 Å². The van der Waals surface area contributed by atoms with E-state index in [2.05, 4.69) is 15.4 Å². The van der Waals surface area contributed by atoms with E-state index in [4.69, 9.17) is 9.52 Å². The van der Waals surface area contributed by atoms with Gasteiger partial charge in [0.1, 0.15) is 29.5 Å². The summed E-state index contributed by atoms with van der Waals surface area (Å²) in [6, 6.07) is 7.04. The van der Waals surface area contributed by atoms with Gasteiger partial charge in [-0.3, -0.25) is 0 Å². The van der Waals surface area contributed by atoms with Crippen LogP contribution < -0.4 is 5.32 Å². The minimum Gasteiger partial charge on any atom is -0.462 e. The van der Waals surface area contributed by atoms with Gasteiger partial charge >= 0.3 is 6.18 Å². The van der Waals surface area contributed by atoms with Gasteiger partial charge in [0.25, 0.3) is 0 Å². The SMILES string of the molecule is OCc1ccc(CNc2ccn(-c3ncccc3C(F)(F)F)n2)o1. The lowest BCUT2D eigenvalue weighted by molar-refractivity contribution is -0.137. The fourth-order valence-electron chi connectivity index (χ4n) is 2.12. The van der Waals surface area contributed by atoms with Crippen LogP contribution in [0.15, 0.2) is 47.1 Å². The Bertz CT molecular complexity index is 826. The molecule has 6 nitrogen and oxygen atoms in total. The lowest BCUT2D eigenvalue weighted by Gasteiger charge is -2.11. The number of alkyl halides is 3. The van der Waals surface area contributed by atoms with E-state index >= 15 is 0 Å². The molecule has 0 saturated carbocycles. The molecule has 0 bridgehead atoms. The number of anilines is 1. The third kappa shape index (κ3) is 3.40. The molecule has 24 heavy (non-hydrogen) atoms. The van der Waals surface area contributed by atoms with E-state index in [9.17, 15) is 13.2 Å². The Labute approximate surface area is 134 Å². The summed E-state index contributed by atoms with van der Waals surface area (Å²) in [5.74, 6) is 1.08. The predicted octanol–water partition coefficient (Wildman–Crippen LogP) is 2.98. The Hall–Kier alpha value is -2.81. The van der Waals surface area contributed by atoms with Crippen LogP contribution in [-0.2, 0) is 19.3 Å². The van der Waals surface area contributed by atoms with E-state index in [1.807, 2.05) is 0 Å². The van der Waals surface area contributed by atoms with E-state index in [0.717, 1.165) is 10.7 Å². The molecule has 0 aliphatic rings. The fourth-order valence-corrected chi connectivity index (χ4v) is 2.12. The number of hydrogen-bond acceptors (Lipinski definition) is 5. The van der Waals surface area contributed by atoms with Crippen LogP contribution in [0, 0.1) is 0 Å². The Morgan fingerprint density at radius 2 is 1.96 bits per heavy atom. The van der Waals surface area contributed by atoms with Gasteiger partial charge in [0.2, 0.25) is 0 Å². The molecule has 0 fully saturated rings. The van der Waals surface area contributed by atoms with Gasteiger partial charge in [-0.15, -0.1) is 5.10 Å². The molecule has 0 radical (unpaired) electrons. The van der Waals surface area contributed by atoms with Gasteiger partial charge in [0.05, 0.1) is 6.54 Å². The Morgan fingerprint density at radius 3 is 2.67 bits per heavy atom. The van der Waals surface area contributed by atoms with E-state index in [1.165, 1.54) is 24.5 Å². The second-order valence-corrected chi connectivity index (χ2v) is 4.90. The van der Waals surface area contributed by atoms with Crippen LogP contribution in [0.1, 0.15) is 17.1 Å². The molecule has 0 atom stereocenters. The van der Waals surface area contributed by atoms with Gasteiger partial charge in [-0.25, -0.2) is 9.67 Å². The number of furan rings is 1. The first-order chi connectivity index (χ1) is 11.5. The number of aromatic nitrogens is 3. The molecule has 0 aliphatic heterocycles. The molecule has 0 aromatic carbocycles. The summed E-state index contributed by atoms with van der Waals surface area (Å²) in [6.07, 6.45) is -1.85. The summed E-state index contributed by atoms with van der Waals surface area (Å²) in [5.41, 5.74) is -0.863. The first-order valence-electron chi connectivity index (χ1n) is 6.98. The Balaban J connectivity index is 1.76. The highest BCUT2D eigenvalue weighted by molar-refractivity contribution is 5.40. The smallest absolute Gasteiger partial charge is 0.420 e. The first kappa shape index (κ1) is 16.1. The number of rotatable bonds is 5. The van der Waals surface area contributed by atoms with Crippen LogP contribution in [0.4, 0.5) is 19.0 Å². The highest BCUT2D eigenvalue weighted by atomic mass is 19.4. The van der Waals surface area contributed by atoms with Crippen LogP contribution in [-0.4, -0.2) is 19.9 Å². The zero-order valence-electron chi connectivity index (χ0n) is 12.3. The number of aliphatic hydroxyl groups is 1. The van der Waals surface area contributed by atoms with Crippen molar-refractivity contribution in [3.05, 3.63) is 59.8 Å². The molecule has 3 rings (SSSR count). The first-order valence-corrected chi connectivity index (χ1v) is 6.98. The largest absolute Gasteiger partial charge is 0.462 e. The normalized spacial score (nSPS) is 11.7. The number of nitrogens with one attached hydrogen (secondary N) is 1. The maximum atomic E-state index is 13.0. The monoisotopic (exact) mass is 338 g/mol. The number of halogens is 3. The standard InChI is InChI=1S/C15H13F3N4O2/c16-15(17,18)12-2-1-6-19-14(12)22-7-5-13(21-22)20-8-10-3-4-11(9-23)24-10/h1-7,23H,8-9H2,(H,20,21). The van der Waals surface area contributed by atoms with Gasteiger partial charge in [0, 0.05) is 18.5 Å². The molecule has 3 aromatic heterocycles. The molecule has 3 heterocycles. The van der Waals surface area contributed by atoms with E-state index in [0.29, 0.717) is 17.3 Å². The number of hydrogen-bond donors (Lipinski definition) is 2. The second-order valence-electron chi connectivity index (χ2n) is 4.90. The summed E-state index contributed by atoms with van der Waals surface area (Å²) in [6.45, 7) is 0.0832. The highest BCUT2D eigenvalue weighted by Crippen LogP contribution is 2.32. The predicted molar refractivity (Wildman–Crippen MR) is 78.3 cm³/mol. The third-order valence-corrected chi connectivity index (χ3v) is 3.22. The van der Waals surface area contributed by atoms with Gasteiger partial charge in [-0.05, 0) is 24.3 Å². The molecular formula is C15H13F3N4O2. The lowest BCUT2D eigenvalue weighted by Crippen LogP contribution is -2.12. The van der Waals surface area contributed by atoms with Gasteiger partial charge in [-0.2, -0.15) is 13.2 Å². The maximum absolute atomic E-state index is 13.0. The van der Waals surface area contributed by atoms with Crippen molar-refractivity contribution < 1.29 is 22.7 Å². The maximum Gasteiger partial charge on any atom is 0.420 e. The van der Waals surface area contributed by atoms with Crippen molar-refractivity contribution in [2.75, 3.05) is 5.32 Å². The zero-order chi connectivity index (χ0) is 17.2. The van der Waals surface area contributed by atoms with Crippen molar-refractivity contribution in [1.82, 2.24) is 14.8 Å². The minimum atomic E-state index is -4.52. The molecule has 0 saturated heterocycles. The van der Waals surface area contributed by atoms with Crippen LogP contribution in [0.5, 0.6) is 0 Å². The highest BCUT2D eigenvalue weighted by Gasteiger charge is 2.34. The lowest BCUT2D eigenvalue weighted by atomic mass is 10.2. The molecule has 3 aromatic rings. The molecule has 9 heteroatoms. The number of nitrogens with zero attached hydrogens (tertiary/aromatic N) is 3. The van der Waals surface area contributed by atoms with Gasteiger partial charge in [0.15, 0.2) is 5.82 Å². The van der Waals surface area contributed by atoms with Crippen molar-refractivity contribution >= 4 is 5.82 Å². The Morgan fingerprint density at radius 1 is 1.17 bits per heavy atom. The molecular weight excluding hydrogens is 325 g/mol. The average Bonchev–Trinajstić information content (AvgIpc) is 3.21. The fraction of sp³-hybridized carbons (Fsp3) is 0.200. The van der Waals surface area contributed by atoms with E-state index in [1.54, 1.807) is 12.1 Å². The quantitative estimate of drug-likeness (QED) is 0.748. The van der Waals surface area contributed by atoms with Crippen molar-refractivity contribution in [2.45, 2.75) is 19.3 Å². The molecule has 2 N–H and O–H groups in total. The topological polar surface area (TPSA) is 76.1 Å². The summed E-state index contributed by atoms with van der Waals surface area (Å²) < 4.78 is 45.4. The van der Waals surface area contributed by atoms with Gasteiger partial charge in [-0.1, -0.05) is 0 Å².